The lowest BCUT2D eigenvalue weighted by molar-refractivity contribution is 0.101. The summed E-state index contributed by atoms with van der Waals surface area (Å²) in [5.41, 5.74) is 2.42. The molecule has 0 aliphatic carbocycles. The van der Waals surface area contributed by atoms with E-state index in [0.29, 0.717) is 16.9 Å². The number of carbonyl (C=O) groups is 2. The van der Waals surface area contributed by atoms with Gasteiger partial charge in [0, 0.05) is 5.56 Å². The number of hydrogen-bond acceptors (Lipinski definition) is 4. The molecule has 0 radical (unpaired) electrons. The number of hydrogen-bond donors (Lipinski definition) is 1. The molecule has 6 heteroatoms. The number of carbonyl (C=O) groups excluding carboxylic acids is 2. The van der Waals surface area contributed by atoms with Crippen LogP contribution in [0.4, 0.5) is 5.69 Å². The third-order valence-electron chi connectivity index (χ3n) is 3.54. The molecule has 3 aromatic rings. The molecule has 6 nitrogen and oxygen atoms in total. The summed E-state index contributed by atoms with van der Waals surface area (Å²) in [4.78, 5) is 25.6. The number of nitrogens with zero attached hydrogens (tertiary/aromatic N) is 3. The van der Waals surface area contributed by atoms with Crippen LogP contribution >= 0.6 is 0 Å². The first-order chi connectivity index (χ1) is 11.6. The Balaban J connectivity index is 1.89. The average molecular weight is 320 g/mol. The predicted octanol–water partition coefficient (Wildman–Crippen LogP) is 3.03. The highest BCUT2D eigenvalue weighted by atomic mass is 16.2. The average Bonchev–Trinajstić information content (AvgIpc) is 2.98. The molecule has 0 spiro atoms. The number of amides is 1. The highest BCUT2D eigenvalue weighted by molar-refractivity contribution is 6.08. The highest BCUT2D eigenvalue weighted by Crippen LogP contribution is 2.17. The summed E-state index contributed by atoms with van der Waals surface area (Å²) in [7, 11) is 0. The summed E-state index contributed by atoms with van der Waals surface area (Å²) in [6.07, 6.45) is 0. The molecule has 24 heavy (non-hydrogen) atoms. The van der Waals surface area contributed by atoms with Gasteiger partial charge in [-0.3, -0.25) is 9.59 Å². The zero-order valence-electron chi connectivity index (χ0n) is 13.4. The van der Waals surface area contributed by atoms with Gasteiger partial charge in [-0.25, -0.2) is 0 Å². The van der Waals surface area contributed by atoms with Crippen LogP contribution in [0, 0.1) is 6.92 Å². The van der Waals surface area contributed by atoms with E-state index in [-0.39, 0.29) is 11.5 Å². The molecule has 1 aromatic heterocycles. The van der Waals surface area contributed by atoms with Crippen LogP contribution in [0.15, 0.2) is 54.6 Å². The monoisotopic (exact) mass is 320 g/mol. The Kier molecular flexibility index (Phi) is 4.20. The molecular formula is C18H16N4O2. The Morgan fingerprint density at radius 2 is 1.62 bits per heavy atom. The molecule has 0 aliphatic heterocycles. The topological polar surface area (TPSA) is 76.9 Å². The first-order valence-corrected chi connectivity index (χ1v) is 7.47. The fraction of sp³-hybridized carbons (Fsp3) is 0.111. The Hall–Kier alpha value is -3.28. The summed E-state index contributed by atoms with van der Waals surface area (Å²) < 4.78 is 0. The SMILES string of the molecule is CC(=O)c1ccccc1NC(=O)c1nn(-c2ccccc2)nc1C. The Labute approximate surface area is 139 Å². The minimum atomic E-state index is -0.400. The van der Waals surface area contributed by atoms with Gasteiger partial charge in [-0.2, -0.15) is 9.90 Å². The third kappa shape index (κ3) is 3.08. The van der Waals surface area contributed by atoms with Gasteiger partial charge in [0.2, 0.25) is 0 Å². The zero-order chi connectivity index (χ0) is 17.1. The molecule has 120 valence electrons. The quantitative estimate of drug-likeness (QED) is 0.750. The maximum absolute atomic E-state index is 12.5. The van der Waals surface area contributed by atoms with Crippen molar-refractivity contribution in [3.8, 4) is 5.69 Å². The molecule has 1 N–H and O–H groups in total. The summed E-state index contributed by atoms with van der Waals surface area (Å²) in [6.45, 7) is 3.18. The Morgan fingerprint density at radius 3 is 2.33 bits per heavy atom. The van der Waals surface area contributed by atoms with E-state index >= 15 is 0 Å². The summed E-state index contributed by atoms with van der Waals surface area (Å²) in [6, 6.07) is 16.2. The number of rotatable bonds is 4. The van der Waals surface area contributed by atoms with Gasteiger partial charge in [0.05, 0.1) is 17.1 Å². The van der Waals surface area contributed by atoms with E-state index in [9.17, 15) is 9.59 Å². The lowest BCUT2D eigenvalue weighted by Crippen LogP contribution is -2.16. The van der Waals surface area contributed by atoms with Gasteiger partial charge in [0.15, 0.2) is 11.5 Å². The third-order valence-corrected chi connectivity index (χ3v) is 3.54. The molecule has 0 saturated carbocycles. The number of aryl methyl sites for hydroxylation is 1. The second-order valence-electron chi connectivity index (χ2n) is 5.31. The van der Waals surface area contributed by atoms with Gasteiger partial charge < -0.3 is 5.32 Å². The number of anilines is 1. The first kappa shape index (κ1) is 15.6. The van der Waals surface area contributed by atoms with Crippen molar-refractivity contribution < 1.29 is 9.59 Å². The molecule has 0 bridgehead atoms. The van der Waals surface area contributed by atoms with Crippen molar-refractivity contribution in [2.75, 3.05) is 5.32 Å². The first-order valence-electron chi connectivity index (χ1n) is 7.47. The summed E-state index contributed by atoms with van der Waals surface area (Å²) >= 11 is 0. The van der Waals surface area contributed by atoms with Gasteiger partial charge in [0.25, 0.3) is 5.91 Å². The van der Waals surface area contributed by atoms with E-state index in [1.807, 2.05) is 30.3 Å². The van der Waals surface area contributed by atoms with Crippen molar-refractivity contribution >= 4 is 17.4 Å². The van der Waals surface area contributed by atoms with Crippen molar-refractivity contribution in [3.63, 3.8) is 0 Å². The van der Waals surface area contributed by atoms with E-state index < -0.39 is 5.91 Å². The lowest BCUT2D eigenvalue weighted by Gasteiger charge is -2.07. The fourth-order valence-corrected chi connectivity index (χ4v) is 2.35. The number of nitrogens with one attached hydrogen (secondary N) is 1. The highest BCUT2D eigenvalue weighted by Gasteiger charge is 2.18. The van der Waals surface area contributed by atoms with Crippen LogP contribution in [0.3, 0.4) is 0 Å². The number of aromatic nitrogens is 3. The van der Waals surface area contributed by atoms with Crippen LogP contribution in [0.25, 0.3) is 5.69 Å². The molecule has 0 saturated heterocycles. The summed E-state index contributed by atoms with van der Waals surface area (Å²) in [5.74, 6) is -0.515. The van der Waals surface area contributed by atoms with Crippen LogP contribution in [0.2, 0.25) is 0 Å². The number of ketones is 1. The van der Waals surface area contributed by atoms with Gasteiger partial charge >= 0.3 is 0 Å². The van der Waals surface area contributed by atoms with Crippen LogP contribution in [0.5, 0.6) is 0 Å². The second-order valence-corrected chi connectivity index (χ2v) is 5.31. The van der Waals surface area contributed by atoms with Crippen LogP contribution in [-0.2, 0) is 0 Å². The molecule has 0 unspecified atom stereocenters. The zero-order valence-corrected chi connectivity index (χ0v) is 13.4. The molecular weight excluding hydrogens is 304 g/mol. The largest absolute Gasteiger partial charge is 0.320 e. The minimum Gasteiger partial charge on any atom is -0.320 e. The molecule has 2 aromatic carbocycles. The fourth-order valence-electron chi connectivity index (χ4n) is 2.35. The van der Waals surface area contributed by atoms with Crippen molar-refractivity contribution in [1.82, 2.24) is 15.0 Å². The molecule has 1 heterocycles. The van der Waals surface area contributed by atoms with E-state index in [2.05, 4.69) is 15.5 Å². The summed E-state index contributed by atoms with van der Waals surface area (Å²) in [5, 5.41) is 11.3. The lowest BCUT2D eigenvalue weighted by atomic mass is 10.1. The maximum Gasteiger partial charge on any atom is 0.278 e. The Bertz CT molecular complexity index is 900. The van der Waals surface area contributed by atoms with Crippen LogP contribution < -0.4 is 5.32 Å². The molecule has 0 fully saturated rings. The number of Topliss-reactive ketones (excluding diaryl/α,β-unsaturated/α-hetero) is 1. The molecule has 0 atom stereocenters. The number of benzene rings is 2. The van der Waals surface area contributed by atoms with E-state index in [1.165, 1.54) is 11.7 Å². The molecule has 0 aliphatic rings. The Morgan fingerprint density at radius 1 is 0.958 bits per heavy atom. The van der Waals surface area contributed by atoms with Crippen molar-refractivity contribution in [2.24, 2.45) is 0 Å². The van der Waals surface area contributed by atoms with Crippen molar-refractivity contribution in [3.05, 3.63) is 71.5 Å². The normalized spacial score (nSPS) is 10.4. The standard InChI is InChI=1S/C18H16N4O2/c1-12-17(21-22(20-12)14-8-4-3-5-9-14)18(24)19-16-11-7-6-10-15(16)13(2)23/h3-11H,1-2H3,(H,19,24). The predicted molar refractivity (Wildman–Crippen MR) is 90.5 cm³/mol. The van der Waals surface area contributed by atoms with Crippen molar-refractivity contribution in [2.45, 2.75) is 13.8 Å². The van der Waals surface area contributed by atoms with Gasteiger partial charge in [-0.15, -0.1) is 5.10 Å². The van der Waals surface area contributed by atoms with E-state index in [4.69, 9.17) is 0 Å². The molecule has 3 rings (SSSR count). The van der Waals surface area contributed by atoms with Gasteiger partial charge in [0.1, 0.15) is 0 Å². The molecule has 1 amide bonds. The van der Waals surface area contributed by atoms with Crippen LogP contribution in [0.1, 0.15) is 33.5 Å². The smallest absolute Gasteiger partial charge is 0.278 e. The minimum absolute atomic E-state index is 0.115. The van der Waals surface area contributed by atoms with Crippen LogP contribution in [-0.4, -0.2) is 26.7 Å². The van der Waals surface area contributed by atoms with Gasteiger partial charge in [-0.1, -0.05) is 30.3 Å². The van der Waals surface area contributed by atoms with Gasteiger partial charge in [-0.05, 0) is 38.1 Å². The van der Waals surface area contributed by atoms with E-state index in [1.54, 1.807) is 31.2 Å². The maximum atomic E-state index is 12.5. The van der Waals surface area contributed by atoms with E-state index in [0.717, 1.165) is 5.69 Å². The van der Waals surface area contributed by atoms with Crippen molar-refractivity contribution in [1.29, 1.82) is 0 Å². The second kappa shape index (κ2) is 6.45. The number of para-hydroxylation sites is 2.